The Morgan fingerprint density at radius 1 is 1.14 bits per heavy atom. The summed E-state index contributed by atoms with van der Waals surface area (Å²) < 4.78 is 0. The van der Waals surface area contributed by atoms with Gasteiger partial charge in [0.2, 0.25) is 0 Å². The van der Waals surface area contributed by atoms with Crippen LogP contribution in [0.4, 0.5) is 10.9 Å². The molecule has 0 aliphatic carbocycles. The molecule has 3 heterocycles. The molecule has 0 amide bonds. The predicted molar refractivity (Wildman–Crippen MR) is 87.7 cm³/mol. The first-order chi connectivity index (χ1) is 10.1. The van der Waals surface area contributed by atoms with Crippen molar-refractivity contribution in [1.82, 2.24) is 15.0 Å². The van der Waals surface area contributed by atoms with Crippen molar-refractivity contribution < 1.29 is 0 Å². The van der Waals surface area contributed by atoms with Gasteiger partial charge in [-0.15, -0.1) is 11.3 Å². The molecule has 1 saturated heterocycles. The van der Waals surface area contributed by atoms with Crippen LogP contribution in [0, 0.1) is 0 Å². The maximum atomic E-state index is 6.13. The number of aromatic nitrogens is 3. The van der Waals surface area contributed by atoms with Crippen LogP contribution in [0.1, 0.15) is 25.6 Å². The van der Waals surface area contributed by atoms with Gasteiger partial charge in [-0.25, -0.2) is 15.0 Å². The van der Waals surface area contributed by atoms with E-state index in [-0.39, 0.29) is 5.92 Å². The molecule has 2 aromatic rings. The Morgan fingerprint density at radius 2 is 1.86 bits per heavy atom. The predicted octanol–water partition coefficient (Wildman–Crippen LogP) is 3.04. The van der Waals surface area contributed by atoms with E-state index in [1.165, 1.54) is 0 Å². The van der Waals surface area contributed by atoms with Crippen molar-refractivity contribution in [1.29, 1.82) is 0 Å². The second-order valence-electron chi connectivity index (χ2n) is 5.35. The van der Waals surface area contributed by atoms with E-state index < -0.39 is 0 Å². The molecule has 1 fully saturated rings. The summed E-state index contributed by atoms with van der Waals surface area (Å²) in [6.45, 7) is 7.90. The molecule has 2 aromatic heterocycles. The lowest BCUT2D eigenvalue weighted by Crippen LogP contribution is -2.46. The highest BCUT2D eigenvalue weighted by molar-refractivity contribution is 7.13. The van der Waals surface area contributed by atoms with E-state index in [2.05, 4.69) is 38.6 Å². The minimum atomic E-state index is 0.277. The van der Waals surface area contributed by atoms with Gasteiger partial charge in [0, 0.05) is 49.7 Å². The summed E-state index contributed by atoms with van der Waals surface area (Å²) in [6, 6.07) is 1.85. The molecule has 3 rings (SSSR count). The van der Waals surface area contributed by atoms with Crippen molar-refractivity contribution in [2.24, 2.45) is 0 Å². The maximum absolute atomic E-state index is 6.13. The normalized spacial score (nSPS) is 15.8. The van der Waals surface area contributed by atoms with Crippen LogP contribution in [0.5, 0.6) is 0 Å². The van der Waals surface area contributed by atoms with Crippen molar-refractivity contribution in [2.45, 2.75) is 19.8 Å². The molecular weight excluding hydrogens is 306 g/mol. The van der Waals surface area contributed by atoms with E-state index in [9.17, 15) is 0 Å². The molecule has 0 aromatic carbocycles. The van der Waals surface area contributed by atoms with Gasteiger partial charge in [0.25, 0.3) is 0 Å². The summed E-state index contributed by atoms with van der Waals surface area (Å²) in [4.78, 5) is 17.9. The Hall–Kier alpha value is -1.40. The molecule has 0 bridgehead atoms. The lowest BCUT2D eigenvalue weighted by Gasteiger charge is -2.35. The highest BCUT2D eigenvalue weighted by Gasteiger charge is 2.20. The lowest BCUT2D eigenvalue weighted by molar-refractivity contribution is 0.640. The highest BCUT2D eigenvalue weighted by atomic mass is 35.5. The maximum Gasteiger partial charge on any atom is 0.185 e. The zero-order valence-corrected chi connectivity index (χ0v) is 13.7. The average molecular weight is 324 g/mol. The Kier molecular flexibility index (Phi) is 4.26. The fourth-order valence-corrected chi connectivity index (χ4v) is 3.22. The van der Waals surface area contributed by atoms with Gasteiger partial charge in [0.15, 0.2) is 5.13 Å². The molecular formula is C14H18ClN5S. The number of thiazole rings is 1. The fraction of sp³-hybridized carbons (Fsp3) is 0.500. The largest absolute Gasteiger partial charge is 0.353 e. The van der Waals surface area contributed by atoms with Crippen LogP contribution < -0.4 is 9.80 Å². The molecule has 1 aliphatic rings. The number of hydrogen-bond donors (Lipinski definition) is 0. The number of halogens is 1. The standard InChI is InChI=1S/C14H18ClN5S/c1-10(2)13-17-11(15)9-12(18-13)19-4-6-20(7-5-19)14-16-3-8-21-14/h3,8-10H,4-7H2,1-2H3. The van der Waals surface area contributed by atoms with Gasteiger partial charge >= 0.3 is 0 Å². The summed E-state index contributed by atoms with van der Waals surface area (Å²) >= 11 is 7.81. The molecule has 5 nitrogen and oxygen atoms in total. The van der Waals surface area contributed by atoms with Crippen molar-refractivity contribution in [3.05, 3.63) is 28.6 Å². The smallest absolute Gasteiger partial charge is 0.185 e. The quantitative estimate of drug-likeness (QED) is 0.812. The van der Waals surface area contributed by atoms with Crippen LogP contribution in [0.15, 0.2) is 17.6 Å². The van der Waals surface area contributed by atoms with Gasteiger partial charge in [-0.05, 0) is 0 Å². The van der Waals surface area contributed by atoms with E-state index in [1.807, 2.05) is 17.6 Å². The Labute approximate surface area is 133 Å². The van der Waals surface area contributed by atoms with Gasteiger partial charge in [-0.2, -0.15) is 0 Å². The van der Waals surface area contributed by atoms with Gasteiger partial charge in [0.05, 0.1) is 0 Å². The van der Waals surface area contributed by atoms with E-state index in [1.54, 1.807) is 11.3 Å². The molecule has 0 spiro atoms. The third-order valence-electron chi connectivity index (χ3n) is 3.51. The third kappa shape index (κ3) is 3.27. The van der Waals surface area contributed by atoms with Crippen molar-refractivity contribution in [3.8, 4) is 0 Å². The highest BCUT2D eigenvalue weighted by Crippen LogP contribution is 2.23. The summed E-state index contributed by atoms with van der Waals surface area (Å²) in [5, 5.41) is 3.63. The van der Waals surface area contributed by atoms with Crippen molar-refractivity contribution in [3.63, 3.8) is 0 Å². The van der Waals surface area contributed by atoms with E-state index in [4.69, 9.17) is 11.6 Å². The summed E-state index contributed by atoms with van der Waals surface area (Å²) in [5.74, 6) is 2.01. The molecule has 0 unspecified atom stereocenters. The first kappa shape index (κ1) is 14.5. The van der Waals surface area contributed by atoms with E-state index in [0.717, 1.165) is 43.0 Å². The van der Waals surface area contributed by atoms with Crippen LogP contribution in [-0.4, -0.2) is 41.1 Å². The lowest BCUT2D eigenvalue weighted by atomic mass is 10.2. The second kappa shape index (κ2) is 6.15. The zero-order valence-electron chi connectivity index (χ0n) is 12.2. The molecule has 0 atom stereocenters. The number of hydrogen-bond acceptors (Lipinski definition) is 6. The molecule has 0 radical (unpaired) electrons. The van der Waals surface area contributed by atoms with Gasteiger partial charge in [0.1, 0.15) is 16.8 Å². The summed E-state index contributed by atoms with van der Waals surface area (Å²) in [7, 11) is 0. The van der Waals surface area contributed by atoms with Gasteiger partial charge in [-0.1, -0.05) is 25.4 Å². The Bertz CT molecular complexity index is 593. The Morgan fingerprint density at radius 3 is 2.48 bits per heavy atom. The first-order valence-corrected chi connectivity index (χ1v) is 8.33. The fourth-order valence-electron chi connectivity index (χ4n) is 2.34. The number of anilines is 2. The topological polar surface area (TPSA) is 45.2 Å². The summed E-state index contributed by atoms with van der Waals surface area (Å²) in [5.41, 5.74) is 0. The molecule has 0 saturated carbocycles. The van der Waals surface area contributed by atoms with Crippen LogP contribution in [0.25, 0.3) is 0 Å². The number of rotatable bonds is 3. The third-order valence-corrected chi connectivity index (χ3v) is 4.53. The minimum absolute atomic E-state index is 0.277. The van der Waals surface area contributed by atoms with Gasteiger partial charge < -0.3 is 9.80 Å². The van der Waals surface area contributed by atoms with Crippen LogP contribution in [0.3, 0.4) is 0 Å². The van der Waals surface area contributed by atoms with E-state index in [0.29, 0.717) is 5.15 Å². The monoisotopic (exact) mass is 323 g/mol. The zero-order chi connectivity index (χ0) is 14.8. The Balaban J connectivity index is 1.72. The van der Waals surface area contributed by atoms with Gasteiger partial charge in [-0.3, -0.25) is 0 Å². The average Bonchev–Trinajstić information content (AvgIpc) is 3.01. The van der Waals surface area contributed by atoms with Crippen molar-refractivity contribution in [2.75, 3.05) is 36.0 Å². The number of piperazine rings is 1. The van der Waals surface area contributed by atoms with Crippen LogP contribution in [-0.2, 0) is 0 Å². The second-order valence-corrected chi connectivity index (χ2v) is 6.61. The first-order valence-electron chi connectivity index (χ1n) is 7.07. The van der Waals surface area contributed by atoms with Crippen LogP contribution in [0.2, 0.25) is 5.15 Å². The SMILES string of the molecule is CC(C)c1nc(Cl)cc(N2CCN(c3nccs3)CC2)n1. The van der Waals surface area contributed by atoms with Crippen LogP contribution >= 0.6 is 22.9 Å². The molecule has 1 aliphatic heterocycles. The minimum Gasteiger partial charge on any atom is -0.353 e. The van der Waals surface area contributed by atoms with E-state index >= 15 is 0 Å². The molecule has 21 heavy (non-hydrogen) atoms. The number of nitrogens with zero attached hydrogens (tertiary/aromatic N) is 5. The molecule has 112 valence electrons. The van der Waals surface area contributed by atoms with Crippen molar-refractivity contribution >= 4 is 33.9 Å². The summed E-state index contributed by atoms with van der Waals surface area (Å²) in [6.07, 6.45) is 1.85. The molecule has 0 N–H and O–H groups in total. The molecule has 7 heteroatoms.